The minimum Gasteiger partial charge on any atom is -0.397 e. The Morgan fingerprint density at radius 3 is 2.47 bits per heavy atom. The molecule has 0 saturated heterocycles. The fourth-order valence-electron chi connectivity index (χ4n) is 6.64. The first-order valence-corrected chi connectivity index (χ1v) is 11.6. The second-order valence-electron chi connectivity index (χ2n) is 9.56. The minimum absolute atomic E-state index is 0.214. The Kier molecular flexibility index (Phi) is 3.97. The number of carbonyl (C=O) groups excluding carboxylic acids is 1. The van der Waals surface area contributed by atoms with Crippen molar-refractivity contribution in [2.75, 3.05) is 11.1 Å². The van der Waals surface area contributed by atoms with Gasteiger partial charge in [-0.15, -0.1) is 11.3 Å². The van der Waals surface area contributed by atoms with Crippen molar-refractivity contribution in [3.63, 3.8) is 0 Å². The molecule has 4 aliphatic rings. The zero-order chi connectivity index (χ0) is 20.5. The van der Waals surface area contributed by atoms with Gasteiger partial charge in [0.05, 0.1) is 5.69 Å². The van der Waals surface area contributed by atoms with E-state index in [9.17, 15) is 9.18 Å². The zero-order valence-corrected chi connectivity index (χ0v) is 17.5. The fraction of sp³-hybridized carbons (Fsp3) is 0.417. The number of rotatable bonds is 3. The number of halogens is 1. The molecule has 4 aliphatic carbocycles. The number of fused-ring (bicyclic) bond motifs is 1. The van der Waals surface area contributed by atoms with E-state index < -0.39 is 0 Å². The van der Waals surface area contributed by atoms with Crippen LogP contribution in [0.4, 0.5) is 15.8 Å². The lowest BCUT2D eigenvalue weighted by molar-refractivity contribution is -0.00704. The van der Waals surface area contributed by atoms with Gasteiger partial charge in [-0.2, -0.15) is 0 Å². The number of hydrogen-bond acceptors (Lipinski definition) is 4. The van der Waals surface area contributed by atoms with Gasteiger partial charge in [0.25, 0.3) is 5.91 Å². The van der Waals surface area contributed by atoms with Crippen molar-refractivity contribution in [3.8, 4) is 0 Å². The van der Waals surface area contributed by atoms with Crippen LogP contribution in [0, 0.1) is 23.6 Å². The number of pyridine rings is 1. The Hall–Kier alpha value is -2.47. The molecule has 2 aromatic heterocycles. The summed E-state index contributed by atoms with van der Waals surface area (Å²) in [5, 5.41) is 3.58. The number of amides is 1. The van der Waals surface area contributed by atoms with E-state index in [1.807, 2.05) is 6.07 Å². The molecule has 4 nitrogen and oxygen atoms in total. The van der Waals surface area contributed by atoms with E-state index in [1.165, 1.54) is 67.7 Å². The lowest BCUT2D eigenvalue weighted by Crippen LogP contribution is -2.48. The van der Waals surface area contributed by atoms with Crippen LogP contribution in [-0.4, -0.2) is 10.9 Å². The number of nitrogens with two attached hydrogens (primary N) is 1. The van der Waals surface area contributed by atoms with Crippen LogP contribution in [-0.2, 0) is 5.41 Å². The lowest BCUT2D eigenvalue weighted by Gasteiger charge is -2.56. The van der Waals surface area contributed by atoms with Gasteiger partial charge in [-0.3, -0.25) is 4.79 Å². The number of thiophene rings is 1. The van der Waals surface area contributed by atoms with E-state index >= 15 is 0 Å². The molecule has 0 aliphatic heterocycles. The van der Waals surface area contributed by atoms with Crippen LogP contribution < -0.4 is 11.1 Å². The number of hydrogen-bond donors (Lipinski definition) is 2. The molecule has 0 unspecified atom stereocenters. The van der Waals surface area contributed by atoms with Gasteiger partial charge in [-0.1, -0.05) is 6.07 Å². The minimum atomic E-state index is -0.390. The van der Waals surface area contributed by atoms with Crippen molar-refractivity contribution in [1.82, 2.24) is 4.98 Å². The summed E-state index contributed by atoms with van der Waals surface area (Å²) in [7, 11) is 0. The summed E-state index contributed by atoms with van der Waals surface area (Å²) >= 11 is 1.33. The molecule has 3 aromatic rings. The monoisotopic (exact) mass is 421 g/mol. The quantitative estimate of drug-likeness (QED) is 0.567. The third-order valence-corrected chi connectivity index (χ3v) is 8.58. The normalized spacial score (nSPS) is 29.4. The predicted octanol–water partition coefficient (Wildman–Crippen LogP) is 5.74. The van der Waals surface area contributed by atoms with E-state index in [0.29, 0.717) is 16.3 Å². The van der Waals surface area contributed by atoms with Crippen molar-refractivity contribution in [1.29, 1.82) is 0 Å². The van der Waals surface area contributed by atoms with Crippen LogP contribution in [0.25, 0.3) is 10.2 Å². The smallest absolute Gasteiger partial charge is 0.267 e. The second-order valence-corrected chi connectivity index (χ2v) is 10.6. The molecule has 1 aromatic carbocycles. The first-order chi connectivity index (χ1) is 14.5. The molecular formula is C24H24FN3OS. The van der Waals surface area contributed by atoms with Crippen LogP contribution in [0.3, 0.4) is 0 Å². The van der Waals surface area contributed by atoms with E-state index in [1.54, 1.807) is 12.1 Å². The highest BCUT2D eigenvalue weighted by molar-refractivity contribution is 7.21. The number of anilines is 2. The summed E-state index contributed by atoms with van der Waals surface area (Å²) in [5.74, 6) is 1.86. The topological polar surface area (TPSA) is 68.0 Å². The Balaban J connectivity index is 1.34. The highest BCUT2D eigenvalue weighted by atomic mass is 32.1. The third kappa shape index (κ3) is 2.84. The maximum atomic E-state index is 13.4. The van der Waals surface area contributed by atoms with Crippen LogP contribution in [0.2, 0.25) is 0 Å². The lowest BCUT2D eigenvalue weighted by atomic mass is 9.49. The van der Waals surface area contributed by atoms with E-state index in [0.717, 1.165) is 28.0 Å². The largest absolute Gasteiger partial charge is 0.397 e. The van der Waals surface area contributed by atoms with Crippen molar-refractivity contribution in [2.24, 2.45) is 17.8 Å². The SMILES string of the molecule is Nc1c(C(=O)Nc2cccc(F)c2)sc2nc(C34CC5CC(CC(C5)C3)C4)ccc12. The molecule has 1 amide bonds. The van der Waals surface area contributed by atoms with Gasteiger partial charge in [0.1, 0.15) is 15.5 Å². The number of aromatic nitrogens is 1. The van der Waals surface area contributed by atoms with Gasteiger partial charge in [0.2, 0.25) is 0 Å². The molecule has 30 heavy (non-hydrogen) atoms. The van der Waals surface area contributed by atoms with Gasteiger partial charge in [0, 0.05) is 22.2 Å². The summed E-state index contributed by atoms with van der Waals surface area (Å²) in [5.41, 5.74) is 8.58. The second kappa shape index (κ2) is 6.51. The summed E-state index contributed by atoms with van der Waals surface area (Å²) in [4.78, 5) is 19.1. The van der Waals surface area contributed by atoms with E-state index in [4.69, 9.17) is 10.7 Å². The molecule has 0 radical (unpaired) electrons. The van der Waals surface area contributed by atoms with Crippen LogP contribution in [0.15, 0.2) is 36.4 Å². The maximum absolute atomic E-state index is 13.4. The number of nitrogens with one attached hydrogen (secondary N) is 1. The number of nitrogens with zero attached hydrogens (tertiary/aromatic N) is 1. The Morgan fingerprint density at radius 2 is 1.80 bits per heavy atom. The van der Waals surface area contributed by atoms with Gasteiger partial charge < -0.3 is 11.1 Å². The molecule has 2 heterocycles. The Morgan fingerprint density at radius 1 is 1.10 bits per heavy atom. The average Bonchev–Trinajstić information content (AvgIpc) is 3.03. The summed E-state index contributed by atoms with van der Waals surface area (Å²) < 4.78 is 13.4. The molecule has 0 spiro atoms. The molecule has 4 bridgehead atoms. The first kappa shape index (κ1) is 18.3. The van der Waals surface area contributed by atoms with Crippen molar-refractivity contribution in [3.05, 3.63) is 52.8 Å². The van der Waals surface area contributed by atoms with E-state index in [2.05, 4.69) is 11.4 Å². The van der Waals surface area contributed by atoms with Gasteiger partial charge in [-0.25, -0.2) is 9.37 Å². The first-order valence-electron chi connectivity index (χ1n) is 10.8. The molecule has 4 fully saturated rings. The van der Waals surface area contributed by atoms with Crippen molar-refractivity contribution >= 4 is 38.8 Å². The third-order valence-electron chi connectivity index (χ3n) is 7.46. The highest BCUT2D eigenvalue weighted by Crippen LogP contribution is 2.60. The number of carbonyl (C=O) groups is 1. The highest BCUT2D eigenvalue weighted by Gasteiger charge is 2.52. The number of nitrogen functional groups attached to an aromatic ring is 1. The van der Waals surface area contributed by atoms with Gasteiger partial charge in [0.15, 0.2) is 0 Å². The molecule has 3 N–H and O–H groups in total. The van der Waals surface area contributed by atoms with Crippen molar-refractivity contribution in [2.45, 2.75) is 43.9 Å². The van der Waals surface area contributed by atoms with Crippen LogP contribution in [0.5, 0.6) is 0 Å². The van der Waals surface area contributed by atoms with Gasteiger partial charge >= 0.3 is 0 Å². The van der Waals surface area contributed by atoms with Gasteiger partial charge in [-0.05, 0) is 86.6 Å². The summed E-state index contributed by atoms with van der Waals surface area (Å²) in [6, 6.07) is 10.1. The molecule has 7 rings (SSSR count). The summed E-state index contributed by atoms with van der Waals surface area (Å²) in [6.07, 6.45) is 7.97. The molecule has 6 heteroatoms. The van der Waals surface area contributed by atoms with Crippen LogP contribution >= 0.6 is 11.3 Å². The molecular weight excluding hydrogens is 397 g/mol. The average molecular weight is 422 g/mol. The predicted molar refractivity (Wildman–Crippen MR) is 118 cm³/mol. The van der Waals surface area contributed by atoms with E-state index in [-0.39, 0.29) is 17.1 Å². The molecule has 4 saturated carbocycles. The zero-order valence-electron chi connectivity index (χ0n) is 16.7. The maximum Gasteiger partial charge on any atom is 0.267 e. The molecule has 0 atom stereocenters. The Bertz CT molecular complexity index is 1140. The van der Waals surface area contributed by atoms with Crippen molar-refractivity contribution < 1.29 is 9.18 Å². The standard InChI is InChI=1S/C24H24FN3OS/c25-16-2-1-3-17(9-16)27-22(29)21-20(26)18-4-5-19(28-23(18)30-21)24-10-13-6-14(11-24)8-15(7-13)12-24/h1-5,9,13-15H,6-8,10-12,26H2,(H,27,29). The van der Waals surface area contributed by atoms with Crippen LogP contribution in [0.1, 0.15) is 53.9 Å². The Labute approximate surface area is 178 Å². The molecule has 154 valence electrons. The fourth-order valence-corrected chi connectivity index (χ4v) is 7.63. The summed E-state index contributed by atoms with van der Waals surface area (Å²) in [6.45, 7) is 0. The number of benzene rings is 1.